The largest absolute Gasteiger partial charge is 0.508 e. The number of aromatic hydroxyl groups is 1. The molecule has 0 fully saturated rings. The van der Waals surface area contributed by atoms with E-state index in [1.165, 1.54) is 16.7 Å². The maximum atomic E-state index is 9.57. The lowest BCUT2D eigenvalue weighted by Crippen LogP contribution is -1.96. The van der Waals surface area contributed by atoms with Gasteiger partial charge in [0.1, 0.15) is 5.75 Å². The molecule has 0 bridgehead atoms. The summed E-state index contributed by atoms with van der Waals surface area (Å²) in [6.07, 6.45) is 6.99. The fraction of sp³-hybridized carbons (Fsp3) is 0.0952. The van der Waals surface area contributed by atoms with E-state index in [1.54, 1.807) is 12.1 Å². The third-order valence-corrected chi connectivity index (χ3v) is 3.80. The van der Waals surface area contributed by atoms with Gasteiger partial charge < -0.3 is 5.11 Å². The minimum Gasteiger partial charge on any atom is -0.508 e. The van der Waals surface area contributed by atoms with Gasteiger partial charge in [0.05, 0.1) is 0 Å². The van der Waals surface area contributed by atoms with E-state index < -0.39 is 0 Å². The van der Waals surface area contributed by atoms with Crippen molar-refractivity contribution in [1.29, 1.82) is 0 Å². The Kier molecular flexibility index (Phi) is 4.09. The van der Waals surface area contributed by atoms with Crippen LogP contribution in [0.4, 0.5) is 0 Å². The van der Waals surface area contributed by atoms with Crippen LogP contribution in [0.25, 0.3) is 5.57 Å². The highest BCUT2D eigenvalue weighted by Gasteiger charge is 2.13. The Labute approximate surface area is 131 Å². The van der Waals surface area contributed by atoms with E-state index in [1.807, 2.05) is 30.4 Å². The predicted octanol–water partition coefficient (Wildman–Crippen LogP) is 5.26. The van der Waals surface area contributed by atoms with E-state index in [-0.39, 0.29) is 5.75 Å². The van der Waals surface area contributed by atoms with E-state index in [9.17, 15) is 5.11 Å². The minimum atomic E-state index is 0.286. The molecule has 108 valence electrons. The molecular formula is C21H18O. The Morgan fingerprint density at radius 2 is 1.64 bits per heavy atom. The number of phenolic OH excluding ortho intramolecular Hbond substituents is 1. The summed E-state index contributed by atoms with van der Waals surface area (Å²) in [4.78, 5) is 0. The van der Waals surface area contributed by atoms with Crippen molar-refractivity contribution in [3.05, 3.63) is 101 Å². The van der Waals surface area contributed by atoms with Crippen LogP contribution in [0.2, 0.25) is 0 Å². The lowest BCUT2D eigenvalue weighted by atomic mass is 9.88. The molecule has 0 amide bonds. The van der Waals surface area contributed by atoms with Crippen LogP contribution in [0.1, 0.15) is 24.5 Å². The second-order valence-electron chi connectivity index (χ2n) is 5.20. The topological polar surface area (TPSA) is 20.2 Å². The summed E-state index contributed by atoms with van der Waals surface area (Å²) in [5, 5.41) is 9.57. The first kappa shape index (κ1) is 14.2. The molecule has 0 spiro atoms. The molecule has 0 atom stereocenters. The summed E-state index contributed by atoms with van der Waals surface area (Å²) >= 11 is 0. The zero-order chi connectivity index (χ0) is 15.4. The smallest absolute Gasteiger partial charge is 0.115 e. The molecule has 0 saturated carbocycles. The van der Waals surface area contributed by atoms with Gasteiger partial charge in [-0.3, -0.25) is 0 Å². The third kappa shape index (κ3) is 2.81. The average Bonchev–Trinajstić information content (AvgIpc) is 3.08. The quantitative estimate of drug-likeness (QED) is 0.760. The standard InChI is InChI=1S/C21H18O/c1-2-20(16-8-6-7-9-16)21(17-10-4-3-5-11-17)18-12-14-19(22)15-13-18/h3-8,10-15,22H,2H2,1H3/b21-20-. The fourth-order valence-corrected chi connectivity index (χ4v) is 2.77. The third-order valence-electron chi connectivity index (χ3n) is 3.80. The van der Waals surface area contributed by atoms with Crippen LogP contribution < -0.4 is 0 Å². The van der Waals surface area contributed by atoms with E-state index in [0.29, 0.717) is 0 Å². The van der Waals surface area contributed by atoms with Crippen molar-refractivity contribution >= 4 is 5.57 Å². The molecule has 1 aliphatic carbocycles. The normalized spacial score (nSPS) is 14.0. The van der Waals surface area contributed by atoms with Crippen LogP contribution in [0.3, 0.4) is 0 Å². The maximum absolute atomic E-state index is 9.57. The van der Waals surface area contributed by atoms with Gasteiger partial charge in [-0.2, -0.15) is 0 Å². The van der Waals surface area contributed by atoms with Crippen molar-refractivity contribution < 1.29 is 5.11 Å². The molecule has 0 unspecified atom stereocenters. The van der Waals surface area contributed by atoms with Gasteiger partial charge in [-0.15, -0.1) is 5.73 Å². The van der Waals surface area contributed by atoms with Gasteiger partial charge in [-0.25, -0.2) is 0 Å². The van der Waals surface area contributed by atoms with Crippen LogP contribution >= 0.6 is 0 Å². The second kappa shape index (κ2) is 6.34. The van der Waals surface area contributed by atoms with Crippen LogP contribution in [0, 0.1) is 0 Å². The predicted molar refractivity (Wildman–Crippen MR) is 91.6 cm³/mol. The van der Waals surface area contributed by atoms with Crippen molar-refractivity contribution in [2.45, 2.75) is 13.3 Å². The molecule has 22 heavy (non-hydrogen) atoms. The number of phenols is 1. The lowest BCUT2D eigenvalue weighted by molar-refractivity contribution is 0.475. The van der Waals surface area contributed by atoms with Gasteiger partial charge in [0, 0.05) is 5.57 Å². The summed E-state index contributed by atoms with van der Waals surface area (Å²) in [6, 6.07) is 17.8. The highest BCUT2D eigenvalue weighted by molar-refractivity contribution is 5.85. The van der Waals surface area contributed by atoms with Gasteiger partial charge in [-0.05, 0) is 53.0 Å². The van der Waals surface area contributed by atoms with E-state index in [4.69, 9.17) is 0 Å². The first-order valence-electron chi connectivity index (χ1n) is 7.51. The molecule has 2 aromatic carbocycles. The zero-order valence-electron chi connectivity index (χ0n) is 12.6. The molecule has 0 aromatic heterocycles. The second-order valence-corrected chi connectivity index (χ2v) is 5.20. The van der Waals surface area contributed by atoms with Crippen LogP contribution in [-0.4, -0.2) is 5.11 Å². The summed E-state index contributed by atoms with van der Waals surface area (Å²) in [5.41, 5.74) is 9.20. The highest BCUT2D eigenvalue weighted by atomic mass is 16.3. The molecule has 2 aromatic rings. The molecule has 1 aliphatic rings. The molecule has 1 N–H and O–H groups in total. The number of benzene rings is 2. The molecule has 0 saturated heterocycles. The van der Waals surface area contributed by atoms with Crippen molar-refractivity contribution in [3.8, 4) is 5.75 Å². The first-order valence-corrected chi connectivity index (χ1v) is 7.51. The van der Waals surface area contributed by atoms with Crippen molar-refractivity contribution in [2.24, 2.45) is 0 Å². The number of hydrogen-bond acceptors (Lipinski definition) is 1. The van der Waals surface area contributed by atoms with Crippen molar-refractivity contribution in [3.63, 3.8) is 0 Å². The van der Waals surface area contributed by atoms with Crippen molar-refractivity contribution in [1.82, 2.24) is 0 Å². The number of rotatable bonds is 4. The number of hydrogen-bond donors (Lipinski definition) is 1. The molecule has 1 heteroatoms. The summed E-state index contributed by atoms with van der Waals surface area (Å²) in [6.45, 7) is 2.17. The molecule has 0 heterocycles. The molecule has 0 aliphatic heterocycles. The maximum Gasteiger partial charge on any atom is 0.115 e. The Balaban J connectivity index is 2.25. The Morgan fingerprint density at radius 1 is 0.955 bits per heavy atom. The van der Waals surface area contributed by atoms with E-state index in [2.05, 4.69) is 43.0 Å². The average molecular weight is 286 g/mol. The monoisotopic (exact) mass is 286 g/mol. The first-order chi connectivity index (χ1) is 10.8. The summed E-state index contributed by atoms with van der Waals surface area (Å²) in [5.74, 6) is 0.286. The highest BCUT2D eigenvalue weighted by Crippen LogP contribution is 2.33. The Hall–Kier alpha value is -2.76. The van der Waals surface area contributed by atoms with Crippen LogP contribution in [0.15, 0.2) is 89.7 Å². The van der Waals surface area contributed by atoms with Gasteiger partial charge in [0.15, 0.2) is 0 Å². The zero-order valence-corrected chi connectivity index (χ0v) is 12.6. The molecule has 0 radical (unpaired) electrons. The SMILES string of the molecule is CC/C(C1=C=CC=C1)=C(\c1ccccc1)c1ccc(O)cc1. The molecule has 1 nitrogen and oxygen atoms in total. The van der Waals surface area contributed by atoms with Crippen LogP contribution in [-0.2, 0) is 0 Å². The van der Waals surface area contributed by atoms with E-state index >= 15 is 0 Å². The fourth-order valence-electron chi connectivity index (χ4n) is 2.77. The van der Waals surface area contributed by atoms with Gasteiger partial charge in [0.25, 0.3) is 0 Å². The van der Waals surface area contributed by atoms with Gasteiger partial charge >= 0.3 is 0 Å². The summed E-state index contributed by atoms with van der Waals surface area (Å²) in [7, 11) is 0. The van der Waals surface area contributed by atoms with E-state index in [0.717, 1.165) is 17.6 Å². The van der Waals surface area contributed by atoms with Crippen LogP contribution in [0.5, 0.6) is 5.75 Å². The van der Waals surface area contributed by atoms with Crippen molar-refractivity contribution in [2.75, 3.05) is 0 Å². The van der Waals surface area contributed by atoms with Gasteiger partial charge in [0.2, 0.25) is 0 Å². The number of allylic oxidation sites excluding steroid dienone is 4. The minimum absolute atomic E-state index is 0.286. The lowest BCUT2D eigenvalue weighted by Gasteiger charge is -2.15. The molecular weight excluding hydrogens is 268 g/mol. The summed E-state index contributed by atoms with van der Waals surface area (Å²) < 4.78 is 0. The van der Waals surface area contributed by atoms with Gasteiger partial charge in [-0.1, -0.05) is 55.5 Å². The Morgan fingerprint density at radius 3 is 2.23 bits per heavy atom. The molecule has 3 rings (SSSR count). The Bertz CT molecular complexity index is 784.